The van der Waals surface area contributed by atoms with E-state index in [1.54, 1.807) is 18.5 Å². The van der Waals surface area contributed by atoms with Gasteiger partial charge in [-0.3, -0.25) is 9.59 Å². The molecule has 0 bridgehead atoms. The van der Waals surface area contributed by atoms with E-state index < -0.39 is 21.9 Å². The Morgan fingerprint density at radius 2 is 1.87 bits per heavy atom. The van der Waals surface area contributed by atoms with E-state index >= 15 is 0 Å². The van der Waals surface area contributed by atoms with E-state index in [1.165, 1.54) is 16.9 Å². The van der Waals surface area contributed by atoms with Gasteiger partial charge in [0.05, 0.1) is 5.92 Å². The number of ether oxygens (including phenoxy) is 1. The third-order valence-electron chi connectivity index (χ3n) is 6.88. The van der Waals surface area contributed by atoms with Crippen LogP contribution in [0.3, 0.4) is 0 Å². The van der Waals surface area contributed by atoms with Crippen molar-refractivity contribution in [1.82, 2.24) is 19.2 Å². The fourth-order valence-corrected chi connectivity index (χ4v) is 5.90. The Morgan fingerprint density at radius 1 is 1.19 bits per heavy atom. The first-order valence-electron chi connectivity index (χ1n) is 11.1. The van der Waals surface area contributed by atoms with E-state index in [0.29, 0.717) is 30.5 Å². The third-order valence-corrected chi connectivity index (χ3v) is 8.65. The van der Waals surface area contributed by atoms with E-state index in [1.807, 2.05) is 0 Å². The maximum atomic E-state index is 12.8. The van der Waals surface area contributed by atoms with Gasteiger partial charge in [-0.25, -0.2) is 13.4 Å². The van der Waals surface area contributed by atoms with Crippen molar-refractivity contribution in [1.29, 1.82) is 0 Å². The van der Waals surface area contributed by atoms with E-state index in [0.717, 1.165) is 12.8 Å². The van der Waals surface area contributed by atoms with Gasteiger partial charge in [-0.2, -0.15) is 4.31 Å². The van der Waals surface area contributed by atoms with Crippen LogP contribution in [0, 0.1) is 24.7 Å². The first kappa shape index (κ1) is 23.7. The van der Waals surface area contributed by atoms with Crippen LogP contribution >= 0.6 is 0 Å². The van der Waals surface area contributed by atoms with Gasteiger partial charge >= 0.3 is 5.97 Å². The Kier molecular flexibility index (Phi) is 7.41. The molecule has 1 aliphatic heterocycles. The predicted molar refractivity (Wildman–Crippen MR) is 114 cm³/mol. The van der Waals surface area contributed by atoms with Crippen LogP contribution in [-0.2, 0) is 31.4 Å². The van der Waals surface area contributed by atoms with Gasteiger partial charge in [-0.1, -0.05) is 26.7 Å². The number of rotatable bonds is 6. The summed E-state index contributed by atoms with van der Waals surface area (Å²) >= 11 is 0. The molecule has 1 amide bonds. The lowest BCUT2D eigenvalue weighted by molar-refractivity contribution is -0.154. The zero-order valence-corrected chi connectivity index (χ0v) is 19.7. The molecule has 3 unspecified atom stereocenters. The molecule has 0 spiro atoms. The minimum Gasteiger partial charge on any atom is -0.455 e. The number of esters is 1. The molecule has 1 saturated carbocycles. The van der Waals surface area contributed by atoms with Gasteiger partial charge in [0.2, 0.25) is 0 Å². The Labute approximate surface area is 184 Å². The molecule has 1 saturated heterocycles. The Hall–Kier alpha value is -1.94. The third kappa shape index (κ3) is 5.46. The molecule has 1 N–H and O–H groups in total. The van der Waals surface area contributed by atoms with Gasteiger partial charge in [0.1, 0.15) is 5.82 Å². The molecule has 2 heterocycles. The highest BCUT2D eigenvalue weighted by Gasteiger charge is 2.34. The molecule has 10 heteroatoms. The standard InChI is InChI=1S/C21H34N4O5S/c1-14-6-5-7-18(15(14)2)23-19(26)13-30-21(27)17-8-10-25(11-9-17)31(28,29)20-12-24(4)16(3)22-20/h12,14-15,17-18H,5-11,13H2,1-4H3,(H,23,26). The number of aromatic nitrogens is 2. The Morgan fingerprint density at radius 3 is 2.48 bits per heavy atom. The molecule has 0 radical (unpaired) electrons. The average Bonchev–Trinajstić information content (AvgIpc) is 3.09. The molecule has 1 aliphatic carbocycles. The first-order valence-corrected chi connectivity index (χ1v) is 12.5. The number of hydrogen-bond donors (Lipinski definition) is 1. The number of carbonyl (C=O) groups excluding carboxylic acids is 2. The summed E-state index contributed by atoms with van der Waals surface area (Å²) in [5.74, 6) is 0.474. The molecule has 2 fully saturated rings. The van der Waals surface area contributed by atoms with Crippen LogP contribution < -0.4 is 5.32 Å². The summed E-state index contributed by atoms with van der Waals surface area (Å²) in [6, 6.07) is 0.124. The number of amides is 1. The smallest absolute Gasteiger partial charge is 0.309 e. The van der Waals surface area contributed by atoms with Crippen LogP contribution in [0.5, 0.6) is 0 Å². The van der Waals surface area contributed by atoms with Crippen molar-refractivity contribution in [3.8, 4) is 0 Å². The van der Waals surface area contributed by atoms with Gasteiger partial charge in [0.15, 0.2) is 11.6 Å². The van der Waals surface area contributed by atoms with Gasteiger partial charge in [-0.15, -0.1) is 0 Å². The SMILES string of the molecule is Cc1nc(S(=O)(=O)N2CCC(C(=O)OCC(=O)NC3CCCC(C)C3C)CC2)cn1C. The normalized spacial score (nSPS) is 25.9. The van der Waals surface area contributed by atoms with Gasteiger partial charge in [0, 0.05) is 32.4 Å². The minimum atomic E-state index is -3.68. The number of carbonyl (C=O) groups is 2. The maximum Gasteiger partial charge on any atom is 0.309 e. The molecular weight excluding hydrogens is 420 g/mol. The quantitative estimate of drug-likeness (QED) is 0.654. The lowest BCUT2D eigenvalue weighted by Gasteiger charge is -2.34. The van der Waals surface area contributed by atoms with Crippen LogP contribution in [-0.4, -0.2) is 59.9 Å². The van der Waals surface area contributed by atoms with Crippen LogP contribution in [0.4, 0.5) is 0 Å². The molecule has 31 heavy (non-hydrogen) atoms. The number of nitrogens with zero attached hydrogens (tertiary/aromatic N) is 3. The molecule has 1 aromatic rings. The van der Waals surface area contributed by atoms with Crippen LogP contribution in [0.1, 0.15) is 51.8 Å². The van der Waals surface area contributed by atoms with Crippen LogP contribution in [0.25, 0.3) is 0 Å². The number of hydrogen-bond acceptors (Lipinski definition) is 6. The maximum absolute atomic E-state index is 12.8. The van der Waals surface area contributed by atoms with E-state index in [2.05, 4.69) is 24.1 Å². The Bertz CT molecular complexity index is 885. The summed E-state index contributed by atoms with van der Waals surface area (Å²) in [6.45, 7) is 6.25. The summed E-state index contributed by atoms with van der Waals surface area (Å²) in [7, 11) is -1.93. The lowest BCUT2D eigenvalue weighted by Crippen LogP contribution is -2.45. The highest BCUT2D eigenvalue weighted by Crippen LogP contribution is 2.29. The second-order valence-electron chi connectivity index (χ2n) is 8.96. The first-order chi connectivity index (χ1) is 14.6. The molecule has 174 valence electrons. The highest BCUT2D eigenvalue weighted by atomic mass is 32.2. The Balaban J connectivity index is 1.45. The summed E-state index contributed by atoms with van der Waals surface area (Å²) in [5, 5.41) is 3.02. The molecule has 3 rings (SSSR count). The number of sulfonamides is 1. The fourth-order valence-electron chi connectivity index (χ4n) is 4.40. The summed E-state index contributed by atoms with van der Waals surface area (Å²) < 4.78 is 33.8. The van der Waals surface area contributed by atoms with Crippen molar-refractivity contribution in [2.75, 3.05) is 19.7 Å². The monoisotopic (exact) mass is 454 g/mol. The summed E-state index contributed by atoms with van der Waals surface area (Å²) in [6.07, 6.45) is 5.45. The molecule has 2 aliphatic rings. The van der Waals surface area contributed by atoms with E-state index in [-0.39, 0.29) is 36.7 Å². The average molecular weight is 455 g/mol. The van der Waals surface area contributed by atoms with Crippen molar-refractivity contribution < 1.29 is 22.7 Å². The van der Waals surface area contributed by atoms with Crippen LogP contribution in [0.2, 0.25) is 0 Å². The number of piperidine rings is 1. The molecule has 0 aromatic carbocycles. The fraction of sp³-hybridized carbons (Fsp3) is 0.762. The zero-order chi connectivity index (χ0) is 22.8. The molecule has 9 nitrogen and oxygen atoms in total. The summed E-state index contributed by atoms with van der Waals surface area (Å²) in [4.78, 5) is 28.8. The molecule has 3 atom stereocenters. The van der Waals surface area contributed by atoms with Crippen LogP contribution in [0.15, 0.2) is 11.2 Å². The second kappa shape index (κ2) is 9.68. The summed E-state index contributed by atoms with van der Waals surface area (Å²) in [5.41, 5.74) is 0. The lowest BCUT2D eigenvalue weighted by atomic mass is 9.78. The molecule has 1 aromatic heterocycles. The van der Waals surface area contributed by atoms with Gasteiger partial charge < -0.3 is 14.6 Å². The number of aryl methyl sites for hydroxylation is 2. The van der Waals surface area contributed by atoms with E-state index in [9.17, 15) is 18.0 Å². The zero-order valence-electron chi connectivity index (χ0n) is 18.8. The van der Waals surface area contributed by atoms with Crippen molar-refractivity contribution in [3.05, 3.63) is 12.0 Å². The van der Waals surface area contributed by atoms with Crippen molar-refractivity contribution in [3.63, 3.8) is 0 Å². The van der Waals surface area contributed by atoms with Crippen molar-refractivity contribution in [2.45, 2.75) is 63.9 Å². The molecular formula is C21H34N4O5S. The van der Waals surface area contributed by atoms with Gasteiger partial charge in [0.25, 0.3) is 15.9 Å². The second-order valence-corrected chi connectivity index (χ2v) is 10.8. The minimum absolute atomic E-state index is 0.0245. The topological polar surface area (TPSA) is 111 Å². The van der Waals surface area contributed by atoms with Gasteiger partial charge in [-0.05, 0) is 38.0 Å². The predicted octanol–water partition coefficient (Wildman–Crippen LogP) is 1.61. The largest absolute Gasteiger partial charge is 0.455 e. The number of nitrogens with one attached hydrogen (secondary N) is 1. The number of imidazole rings is 1. The van der Waals surface area contributed by atoms with Crippen molar-refractivity contribution in [2.24, 2.45) is 24.8 Å². The van der Waals surface area contributed by atoms with E-state index in [4.69, 9.17) is 4.74 Å². The van der Waals surface area contributed by atoms with Crippen molar-refractivity contribution >= 4 is 21.9 Å². The highest BCUT2D eigenvalue weighted by molar-refractivity contribution is 7.89.